The Labute approximate surface area is 85.7 Å². The van der Waals surface area contributed by atoms with Gasteiger partial charge >= 0.3 is 0 Å². The van der Waals surface area contributed by atoms with Crippen LogP contribution in [0.3, 0.4) is 0 Å². The molecule has 0 unspecified atom stereocenters. The predicted molar refractivity (Wildman–Crippen MR) is 58.7 cm³/mol. The molecule has 5 heteroatoms. The second-order valence-corrected chi connectivity index (χ2v) is 4.18. The Morgan fingerprint density at radius 2 is 2.00 bits per heavy atom. The average Bonchev–Trinajstić information content (AvgIpc) is 2.17. The molecular formula is C9H21N5. The summed E-state index contributed by atoms with van der Waals surface area (Å²) >= 11 is 0. The van der Waals surface area contributed by atoms with E-state index in [4.69, 9.17) is 11.6 Å². The normalized spacial score (nSPS) is 20.5. The van der Waals surface area contributed by atoms with Gasteiger partial charge in [-0.15, -0.1) is 5.10 Å². The molecule has 0 saturated carbocycles. The fourth-order valence-electron chi connectivity index (χ4n) is 1.94. The third kappa shape index (κ3) is 3.06. The fraction of sp³-hybridized carbons (Fsp3) is 0.889. The molecule has 5 nitrogen and oxygen atoms in total. The smallest absolute Gasteiger partial charge is 0.213 e. The molecule has 1 aliphatic rings. The standard InChI is InChI=1S/C9H21N5/c1-13(2)7-8-3-5-14(6-4-8)9(10)12-11/h8H,3-7,11H2,1-2H3,(H2,10,12). The van der Waals surface area contributed by atoms with Gasteiger partial charge in [0.05, 0.1) is 0 Å². The molecule has 0 spiro atoms. The fourth-order valence-corrected chi connectivity index (χ4v) is 1.94. The van der Waals surface area contributed by atoms with E-state index in [9.17, 15) is 0 Å². The SMILES string of the molecule is CN(C)CC1CCN(C(N)=NN)CC1. The first kappa shape index (κ1) is 11.1. The lowest BCUT2D eigenvalue weighted by Gasteiger charge is -2.33. The summed E-state index contributed by atoms with van der Waals surface area (Å²) in [6, 6.07) is 0. The first-order valence-corrected chi connectivity index (χ1v) is 5.06. The molecule has 1 aliphatic heterocycles. The predicted octanol–water partition coefficient (Wildman–Crippen LogP) is -0.552. The largest absolute Gasteiger partial charge is 0.368 e. The minimum atomic E-state index is 0.466. The van der Waals surface area contributed by atoms with Crippen molar-refractivity contribution in [2.45, 2.75) is 12.8 Å². The number of hydrazone groups is 1. The van der Waals surface area contributed by atoms with Gasteiger partial charge in [0.15, 0.2) is 0 Å². The van der Waals surface area contributed by atoms with Gasteiger partial charge in [-0.1, -0.05) is 0 Å². The Bertz CT molecular complexity index is 193. The van der Waals surface area contributed by atoms with Crippen LogP contribution in [0.4, 0.5) is 0 Å². The van der Waals surface area contributed by atoms with Gasteiger partial charge in [-0.25, -0.2) is 0 Å². The summed E-state index contributed by atoms with van der Waals surface area (Å²) in [5.74, 6) is 6.38. The van der Waals surface area contributed by atoms with E-state index in [2.05, 4.69) is 24.1 Å². The summed E-state index contributed by atoms with van der Waals surface area (Å²) in [5.41, 5.74) is 5.63. The van der Waals surface area contributed by atoms with Gasteiger partial charge in [0, 0.05) is 19.6 Å². The minimum absolute atomic E-state index is 0.466. The van der Waals surface area contributed by atoms with Crippen molar-refractivity contribution >= 4 is 5.96 Å². The van der Waals surface area contributed by atoms with E-state index in [-0.39, 0.29) is 0 Å². The van der Waals surface area contributed by atoms with Crippen LogP contribution in [0.1, 0.15) is 12.8 Å². The summed E-state index contributed by atoms with van der Waals surface area (Å²) in [7, 11) is 4.23. The van der Waals surface area contributed by atoms with Crippen LogP contribution in [0.5, 0.6) is 0 Å². The highest BCUT2D eigenvalue weighted by Crippen LogP contribution is 2.17. The Morgan fingerprint density at radius 3 is 2.43 bits per heavy atom. The van der Waals surface area contributed by atoms with Crippen molar-refractivity contribution in [3.8, 4) is 0 Å². The number of guanidine groups is 1. The number of hydrogen-bond acceptors (Lipinski definition) is 3. The summed E-state index contributed by atoms with van der Waals surface area (Å²) in [6.07, 6.45) is 2.35. The number of likely N-dealkylation sites (tertiary alicyclic amines) is 1. The summed E-state index contributed by atoms with van der Waals surface area (Å²) in [6.45, 7) is 3.11. The Kier molecular flexibility index (Phi) is 4.00. The van der Waals surface area contributed by atoms with Gasteiger partial charge in [0.25, 0.3) is 0 Å². The second kappa shape index (κ2) is 5.05. The van der Waals surface area contributed by atoms with Gasteiger partial charge in [-0.2, -0.15) is 0 Å². The van der Waals surface area contributed by atoms with E-state index in [1.165, 1.54) is 12.8 Å². The van der Waals surface area contributed by atoms with Crippen molar-refractivity contribution in [1.29, 1.82) is 0 Å². The van der Waals surface area contributed by atoms with Crippen molar-refractivity contribution in [3.05, 3.63) is 0 Å². The lowest BCUT2D eigenvalue weighted by molar-refractivity contribution is 0.218. The van der Waals surface area contributed by atoms with E-state index < -0.39 is 0 Å². The van der Waals surface area contributed by atoms with Gasteiger partial charge < -0.3 is 21.4 Å². The monoisotopic (exact) mass is 199 g/mol. The third-order valence-electron chi connectivity index (χ3n) is 2.69. The van der Waals surface area contributed by atoms with E-state index in [0.29, 0.717) is 5.96 Å². The molecule has 0 aliphatic carbocycles. The molecule has 0 radical (unpaired) electrons. The van der Waals surface area contributed by atoms with Gasteiger partial charge in [-0.3, -0.25) is 0 Å². The number of nitrogens with zero attached hydrogens (tertiary/aromatic N) is 3. The van der Waals surface area contributed by atoms with Crippen LogP contribution in [0.25, 0.3) is 0 Å². The zero-order chi connectivity index (χ0) is 10.6. The van der Waals surface area contributed by atoms with Gasteiger partial charge in [0.1, 0.15) is 0 Å². The van der Waals surface area contributed by atoms with Crippen molar-refractivity contribution in [2.75, 3.05) is 33.7 Å². The molecule has 14 heavy (non-hydrogen) atoms. The van der Waals surface area contributed by atoms with Crippen LogP contribution in [0.15, 0.2) is 5.10 Å². The maximum atomic E-state index is 5.63. The second-order valence-electron chi connectivity index (χ2n) is 4.18. The third-order valence-corrected chi connectivity index (χ3v) is 2.69. The summed E-state index contributed by atoms with van der Waals surface area (Å²) in [4.78, 5) is 4.28. The van der Waals surface area contributed by atoms with Crippen LogP contribution in [-0.4, -0.2) is 49.5 Å². The first-order chi connectivity index (χ1) is 6.63. The first-order valence-electron chi connectivity index (χ1n) is 5.06. The highest BCUT2D eigenvalue weighted by Gasteiger charge is 2.20. The van der Waals surface area contributed by atoms with Crippen LogP contribution < -0.4 is 11.6 Å². The minimum Gasteiger partial charge on any atom is -0.368 e. The van der Waals surface area contributed by atoms with Crippen LogP contribution in [0, 0.1) is 5.92 Å². The van der Waals surface area contributed by atoms with Crippen molar-refractivity contribution in [3.63, 3.8) is 0 Å². The van der Waals surface area contributed by atoms with Gasteiger partial charge in [-0.05, 0) is 32.9 Å². The molecule has 0 amide bonds. The maximum absolute atomic E-state index is 5.63. The van der Waals surface area contributed by atoms with Crippen LogP contribution in [0.2, 0.25) is 0 Å². The molecule has 1 rings (SSSR count). The lowest BCUT2D eigenvalue weighted by Crippen LogP contribution is -2.44. The Balaban J connectivity index is 2.31. The molecule has 1 saturated heterocycles. The van der Waals surface area contributed by atoms with E-state index in [1.807, 2.05) is 4.90 Å². The Hall–Kier alpha value is -0.970. The molecule has 0 aromatic carbocycles. The topological polar surface area (TPSA) is 70.9 Å². The van der Waals surface area contributed by atoms with E-state index in [0.717, 1.165) is 25.6 Å². The van der Waals surface area contributed by atoms with Crippen LogP contribution in [-0.2, 0) is 0 Å². The molecule has 0 aromatic rings. The van der Waals surface area contributed by atoms with Gasteiger partial charge in [0.2, 0.25) is 5.96 Å². The zero-order valence-corrected chi connectivity index (χ0v) is 9.11. The molecule has 82 valence electrons. The number of hydrogen-bond donors (Lipinski definition) is 2. The van der Waals surface area contributed by atoms with Crippen molar-refractivity contribution in [1.82, 2.24) is 9.80 Å². The molecular weight excluding hydrogens is 178 g/mol. The zero-order valence-electron chi connectivity index (χ0n) is 9.11. The maximum Gasteiger partial charge on any atom is 0.213 e. The number of nitrogens with two attached hydrogens (primary N) is 2. The van der Waals surface area contributed by atoms with Crippen molar-refractivity contribution in [2.24, 2.45) is 22.6 Å². The number of piperidine rings is 1. The lowest BCUT2D eigenvalue weighted by atomic mass is 9.97. The van der Waals surface area contributed by atoms with Crippen molar-refractivity contribution < 1.29 is 0 Å². The molecule has 0 atom stereocenters. The highest BCUT2D eigenvalue weighted by atomic mass is 15.3. The average molecular weight is 199 g/mol. The summed E-state index contributed by atoms with van der Waals surface area (Å²) < 4.78 is 0. The Morgan fingerprint density at radius 1 is 1.43 bits per heavy atom. The van der Waals surface area contributed by atoms with Crippen LogP contribution >= 0.6 is 0 Å². The summed E-state index contributed by atoms with van der Waals surface area (Å²) in [5, 5.41) is 3.51. The van der Waals surface area contributed by atoms with E-state index in [1.54, 1.807) is 0 Å². The molecule has 4 N–H and O–H groups in total. The molecule has 1 heterocycles. The quantitative estimate of drug-likeness (QED) is 0.271. The molecule has 1 fully saturated rings. The molecule has 0 bridgehead atoms. The van der Waals surface area contributed by atoms with E-state index >= 15 is 0 Å². The molecule has 0 aromatic heterocycles. The number of rotatable bonds is 2. The highest BCUT2D eigenvalue weighted by molar-refractivity contribution is 5.77.